The van der Waals surface area contributed by atoms with E-state index in [9.17, 15) is 9.18 Å². The highest BCUT2D eigenvalue weighted by atomic mass is 19.1. The summed E-state index contributed by atoms with van der Waals surface area (Å²) in [6.45, 7) is 4.82. The van der Waals surface area contributed by atoms with Crippen LogP contribution in [0.4, 0.5) is 16.3 Å². The zero-order chi connectivity index (χ0) is 16.1. The number of nitrogens with zero attached hydrogens (tertiary/aromatic N) is 3. The first-order chi connectivity index (χ1) is 10.5. The van der Waals surface area contributed by atoms with Crippen molar-refractivity contribution in [3.8, 4) is 0 Å². The van der Waals surface area contributed by atoms with E-state index < -0.39 is 6.17 Å². The molecule has 122 valence electrons. The fraction of sp³-hybridized carbons (Fsp3) is 0.733. The molecule has 1 heterocycles. The number of halogens is 1. The Morgan fingerprint density at radius 1 is 1.14 bits per heavy atom. The van der Waals surface area contributed by atoms with Crippen molar-refractivity contribution in [2.24, 2.45) is 5.92 Å². The van der Waals surface area contributed by atoms with Crippen LogP contribution >= 0.6 is 0 Å². The van der Waals surface area contributed by atoms with Gasteiger partial charge < -0.3 is 5.32 Å². The third-order valence-electron chi connectivity index (χ3n) is 4.01. The lowest BCUT2D eigenvalue weighted by molar-refractivity contribution is -0.114. The Hall–Kier alpha value is -1.79. The Labute approximate surface area is 130 Å². The van der Waals surface area contributed by atoms with Crippen molar-refractivity contribution in [2.75, 3.05) is 10.6 Å². The molecule has 0 aliphatic heterocycles. The second kappa shape index (κ2) is 7.47. The van der Waals surface area contributed by atoms with Crippen LogP contribution in [0.1, 0.15) is 64.9 Å². The van der Waals surface area contributed by atoms with Crippen LogP contribution in [0.25, 0.3) is 0 Å². The van der Waals surface area contributed by atoms with E-state index in [1.54, 1.807) is 0 Å². The molecule has 0 radical (unpaired) electrons. The molecule has 2 N–H and O–H groups in total. The minimum Gasteiger partial charge on any atom is -0.351 e. The van der Waals surface area contributed by atoms with Crippen molar-refractivity contribution in [3.05, 3.63) is 5.82 Å². The molecule has 0 spiro atoms. The molecular formula is C15H24FN5O. The summed E-state index contributed by atoms with van der Waals surface area (Å²) in [4.78, 5) is 23.3. The maximum atomic E-state index is 13.5. The van der Waals surface area contributed by atoms with Gasteiger partial charge in [-0.1, -0.05) is 19.3 Å². The molecule has 2 rings (SSSR count). The predicted octanol–water partition coefficient (Wildman–Crippen LogP) is 3.24. The van der Waals surface area contributed by atoms with Gasteiger partial charge in [-0.25, -0.2) is 4.39 Å². The van der Waals surface area contributed by atoms with Crippen molar-refractivity contribution in [3.63, 3.8) is 0 Å². The average Bonchev–Trinajstić information content (AvgIpc) is 2.47. The summed E-state index contributed by atoms with van der Waals surface area (Å²) in [5, 5.41) is 5.73. The van der Waals surface area contributed by atoms with Crippen molar-refractivity contribution < 1.29 is 9.18 Å². The van der Waals surface area contributed by atoms with Gasteiger partial charge in [-0.2, -0.15) is 15.0 Å². The van der Waals surface area contributed by atoms with Gasteiger partial charge in [0, 0.05) is 13.0 Å². The fourth-order valence-corrected chi connectivity index (χ4v) is 2.80. The van der Waals surface area contributed by atoms with Crippen molar-refractivity contribution in [1.82, 2.24) is 15.0 Å². The summed E-state index contributed by atoms with van der Waals surface area (Å²) in [5.74, 6) is 0.699. The molecule has 2 atom stereocenters. The van der Waals surface area contributed by atoms with Gasteiger partial charge in [0.15, 0.2) is 12.0 Å². The molecule has 1 amide bonds. The number of anilines is 2. The Bertz CT molecular complexity index is 517. The zero-order valence-corrected chi connectivity index (χ0v) is 13.4. The summed E-state index contributed by atoms with van der Waals surface area (Å²) in [5.41, 5.74) is 0. The van der Waals surface area contributed by atoms with Gasteiger partial charge >= 0.3 is 0 Å². The highest BCUT2D eigenvalue weighted by molar-refractivity contribution is 5.86. The van der Waals surface area contributed by atoms with Crippen LogP contribution in [0, 0.1) is 5.92 Å². The first-order valence-electron chi connectivity index (χ1n) is 7.90. The molecule has 0 aromatic carbocycles. The molecule has 1 aliphatic carbocycles. The second-order valence-electron chi connectivity index (χ2n) is 5.97. The van der Waals surface area contributed by atoms with Gasteiger partial charge in [0.05, 0.1) is 0 Å². The van der Waals surface area contributed by atoms with E-state index in [1.165, 1.54) is 46.0 Å². The third kappa shape index (κ3) is 4.61. The molecule has 22 heavy (non-hydrogen) atoms. The number of carbonyl (C=O) groups is 1. The molecule has 0 bridgehead atoms. The van der Waals surface area contributed by atoms with E-state index in [0.29, 0.717) is 11.9 Å². The average molecular weight is 309 g/mol. The van der Waals surface area contributed by atoms with Gasteiger partial charge in [-0.15, -0.1) is 0 Å². The van der Waals surface area contributed by atoms with Crippen molar-refractivity contribution in [2.45, 2.75) is 65.1 Å². The Morgan fingerprint density at radius 3 is 2.36 bits per heavy atom. The van der Waals surface area contributed by atoms with E-state index >= 15 is 0 Å². The highest BCUT2D eigenvalue weighted by Gasteiger charge is 2.21. The number of alkyl halides is 1. The van der Waals surface area contributed by atoms with Gasteiger partial charge in [-0.05, 0) is 32.6 Å². The number of rotatable bonds is 5. The molecular weight excluding hydrogens is 285 g/mol. The van der Waals surface area contributed by atoms with Crippen LogP contribution in [-0.2, 0) is 4.79 Å². The number of nitrogens with one attached hydrogen (secondary N) is 2. The summed E-state index contributed by atoms with van der Waals surface area (Å²) >= 11 is 0. The topological polar surface area (TPSA) is 79.8 Å². The van der Waals surface area contributed by atoms with Crippen LogP contribution in [0.5, 0.6) is 0 Å². The highest BCUT2D eigenvalue weighted by Crippen LogP contribution is 2.27. The molecule has 1 aliphatic rings. The lowest BCUT2D eigenvalue weighted by Crippen LogP contribution is -2.29. The molecule has 0 saturated heterocycles. The van der Waals surface area contributed by atoms with Crippen LogP contribution in [0.3, 0.4) is 0 Å². The lowest BCUT2D eigenvalue weighted by atomic mass is 9.85. The van der Waals surface area contributed by atoms with E-state index in [1.807, 2.05) is 0 Å². The van der Waals surface area contributed by atoms with Gasteiger partial charge in [-0.3, -0.25) is 10.1 Å². The molecule has 1 aromatic heterocycles. The summed E-state index contributed by atoms with van der Waals surface area (Å²) < 4.78 is 13.5. The third-order valence-corrected chi connectivity index (χ3v) is 4.01. The van der Waals surface area contributed by atoms with E-state index in [0.717, 1.165) is 0 Å². The van der Waals surface area contributed by atoms with E-state index in [2.05, 4.69) is 32.5 Å². The Kier molecular flexibility index (Phi) is 5.63. The normalized spacial score (nSPS) is 18.5. The van der Waals surface area contributed by atoms with Gasteiger partial charge in [0.2, 0.25) is 17.8 Å². The number of aromatic nitrogens is 3. The van der Waals surface area contributed by atoms with Gasteiger partial charge in [0.1, 0.15) is 0 Å². The predicted molar refractivity (Wildman–Crippen MR) is 83.3 cm³/mol. The minimum atomic E-state index is -1.32. The smallest absolute Gasteiger partial charge is 0.234 e. The number of hydrogen-bond donors (Lipinski definition) is 2. The standard InChI is InChI=1S/C15H24FN5O/c1-9(16)13-19-14(21-15(20-13)18-11(3)22)17-10(2)12-7-5-4-6-8-12/h9-10,12H,4-8H2,1-3H3,(H2,17,18,19,20,21,22). The Morgan fingerprint density at radius 2 is 1.77 bits per heavy atom. The Balaban J connectivity index is 2.13. The maximum absolute atomic E-state index is 13.5. The van der Waals surface area contributed by atoms with E-state index in [-0.39, 0.29) is 23.7 Å². The number of hydrogen-bond acceptors (Lipinski definition) is 5. The van der Waals surface area contributed by atoms with Gasteiger partial charge in [0.25, 0.3) is 0 Å². The first-order valence-corrected chi connectivity index (χ1v) is 7.90. The first kappa shape index (κ1) is 16.6. The SMILES string of the molecule is CC(=O)Nc1nc(NC(C)C2CCCCC2)nc(C(C)F)n1. The van der Waals surface area contributed by atoms with Crippen LogP contribution in [0.2, 0.25) is 0 Å². The number of carbonyl (C=O) groups excluding carboxylic acids is 1. The molecule has 1 aromatic rings. The van der Waals surface area contributed by atoms with E-state index in [4.69, 9.17) is 0 Å². The lowest BCUT2D eigenvalue weighted by Gasteiger charge is -2.28. The fourth-order valence-electron chi connectivity index (χ4n) is 2.80. The molecule has 7 heteroatoms. The largest absolute Gasteiger partial charge is 0.351 e. The number of amides is 1. The maximum Gasteiger partial charge on any atom is 0.234 e. The monoisotopic (exact) mass is 309 g/mol. The van der Waals surface area contributed by atoms with Crippen LogP contribution < -0.4 is 10.6 Å². The van der Waals surface area contributed by atoms with Crippen molar-refractivity contribution >= 4 is 17.8 Å². The quantitative estimate of drug-likeness (QED) is 0.873. The van der Waals surface area contributed by atoms with Crippen LogP contribution in [-0.4, -0.2) is 26.9 Å². The van der Waals surface area contributed by atoms with Crippen LogP contribution in [0.15, 0.2) is 0 Å². The molecule has 1 saturated carbocycles. The second-order valence-corrected chi connectivity index (χ2v) is 5.97. The van der Waals surface area contributed by atoms with Crippen molar-refractivity contribution in [1.29, 1.82) is 0 Å². The summed E-state index contributed by atoms with van der Waals surface area (Å²) in [6.07, 6.45) is 4.84. The zero-order valence-electron chi connectivity index (χ0n) is 13.4. The summed E-state index contributed by atoms with van der Waals surface area (Å²) in [6, 6.07) is 0.204. The molecule has 1 fully saturated rings. The minimum absolute atomic E-state index is 0.0251. The summed E-state index contributed by atoms with van der Waals surface area (Å²) in [7, 11) is 0. The molecule has 6 nitrogen and oxygen atoms in total. The molecule has 2 unspecified atom stereocenters.